The van der Waals surface area contributed by atoms with Crippen LogP contribution >= 0.6 is 11.8 Å². The molecule has 0 bridgehead atoms. The lowest BCUT2D eigenvalue weighted by Gasteiger charge is -2.13. The van der Waals surface area contributed by atoms with E-state index in [4.69, 9.17) is 0 Å². The quantitative estimate of drug-likeness (QED) is 0.267. The van der Waals surface area contributed by atoms with Gasteiger partial charge in [-0.05, 0) is 42.5 Å². The zero-order valence-corrected chi connectivity index (χ0v) is 15.9. The van der Waals surface area contributed by atoms with Gasteiger partial charge in [0.1, 0.15) is 17.3 Å². The Kier molecular flexibility index (Phi) is 5.25. The molecule has 0 spiro atoms. The first-order valence-electron chi connectivity index (χ1n) is 8.62. The van der Waals surface area contributed by atoms with E-state index in [9.17, 15) is 22.4 Å². The molecule has 2 heterocycles. The number of para-hydroxylation sites is 1. The summed E-state index contributed by atoms with van der Waals surface area (Å²) in [6, 6.07) is 12.8. The molecular weight excluding hydrogens is 420 g/mol. The Morgan fingerprint density at radius 3 is 2.43 bits per heavy atom. The van der Waals surface area contributed by atoms with E-state index >= 15 is 0 Å². The molecule has 0 amide bonds. The summed E-state index contributed by atoms with van der Waals surface area (Å²) < 4.78 is 53.3. The number of alkyl halides is 3. The minimum absolute atomic E-state index is 0.0265. The molecule has 2 aromatic heterocycles. The van der Waals surface area contributed by atoms with E-state index in [-0.39, 0.29) is 22.3 Å². The van der Waals surface area contributed by atoms with Gasteiger partial charge < -0.3 is 0 Å². The number of benzene rings is 2. The van der Waals surface area contributed by atoms with Crippen LogP contribution in [0.5, 0.6) is 0 Å². The molecule has 0 radical (unpaired) electrons. The van der Waals surface area contributed by atoms with Crippen LogP contribution in [0.25, 0.3) is 16.6 Å². The first-order valence-corrected chi connectivity index (χ1v) is 9.61. The fourth-order valence-corrected chi connectivity index (χ4v) is 3.58. The van der Waals surface area contributed by atoms with Crippen LogP contribution in [0.3, 0.4) is 0 Å². The molecule has 4 rings (SSSR count). The van der Waals surface area contributed by atoms with Crippen LogP contribution in [-0.4, -0.2) is 19.5 Å². The lowest BCUT2D eigenvalue weighted by Crippen LogP contribution is -2.23. The lowest BCUT2D eigenvalue weighted by molar-refractivity contribution is -0.141. The lowest BCUT2D eigenvalue weighted by atomic mass is 10.2. The molecule has 2 aromatic carbocycles. The standard InChI is InChI=1S/C20H12F4N4OS/c21-12-5-7-13(8-6-12)28-17(26-15-4-2-1-3-14(15)18(28)29)11-30-19-25-10-9-16(27-19)20(22,23)24/h1-10H,11H2. The van der Waals surface area contributed by atoms with E-state index in [1.54, 1.807) is 24.3 Å². The molecule has 0 N–H and O–H groups in total. The van der Waals surface area contributed by atoms with E-state index < -0.39 is 17.7 Å². The number of thioether (sulfide) groups is 1. The monoisotopic (exact) mass is 432 g/mol. The third-order valence-corrected chi connectivity index (χ3v) is 5.04. The van der Waals surface area contributed by atoms with E-state index in [2.05, 4.69) is 15.0 Å². The molecular formula is C20H12F4N4OS. The van der Waals surface area contributed by atoms with Crippen LogP contribution in [0.15, 0.2) is 70.7 Å². The Morgan fingerprint density at radius 2 is 1.70 bits per heavy atom. The first kappa shape index (κ1) is 20.0. The van der Waals surface area contributed by atoms with Crippen LogP contribution in [0.4, 0.5) is 17.6 Å². The fraction of sp³-hybridized carbons (Fsp3) is 0.100. The molecule has 0 aliphatic rings. The summed E-state index contributed by atoms with van der Waals surface area (Å²) >= 11 is 0.915. The minimum atomic E-state index is -4.59. The van der Waals surface area contributed by atoms with Gasteiger partial charge in [0.05, 0.1) is 22.3 Å². The third kappa shape index (κ3) is 4.04. The molecule has 0 aliphatic heterocycles. The summed E-state index contributed by atoms with van der Waals surface area (Å²) in [5.74, 6) is -0.163. The highest BCUT2D eigenvalue weighted by molar-refractivity contribution is 7.98. The molecule has 4 aromatic rings. The average molecular weight is 432 g/mol. The number of nitrogens with zero attached hydrogens (tertiary/aromatic N) is 4. The number of fused-ring (bicyclic) bond motifs is 1. The largest absolute Gasteiger partial charge is 0.433 e. The fourth-order valence-electron chi connectivity index (χ4n) is 2.83. The number of hydrogen-bond donors (Lipinski definition) is 0. The predicted octanol–water partition coefficient (Wildman–Crippen LogP) is 4.63. The Balaban J connectivity index is 1.77. The highest BCUT2D eigenvalue weighted by Crippen LogP contribution is 2.29. The van der Waals surface area contributed by atoms with Crippen LogP contribution in [-0.2, 0) is 11.9 Å². The molecule has 0 saturated carbocycles. The van der Waals surface area contributed by atoms with Crippen molar-refractivity contribution < 1.29 is 17.6 Å². The van der Waals surface area contributed by atoms with Gasteiger partial charge in [0.15, 0.2) is 5.16 Å². The summed E-state index contributed by atoms with van der Waals surface area (Å²) in [7, 11) is 0. The maximum absolute atomic E-state index is 13.3. The topological polar surface area (TPSA) is 60.7 Å². The summed E-state index contributed by atoms with van der Waals surface area (Å²) in [6.45, 7) is 0. The van der Waals surface area contributed by atoms with E-state index in [1.807, 2.05) is 0 Å². The van der Waals surface area contributed by atoms with Gasteiger partial charge in [-0.25, -0.2) is 19.3 Å². The van der Waals surface area contributed by atoms with Gasteiger partial charge in [0.2, 0.25) is 0 Å². The zero-order chi connectivity index (χ0) is 21.3. The summed E-state index contributed by atoms with van der Waals surface area (Å²) in [5.41, 5.74) is -0.586. The van der Waals surface area contributed by atoms with Gasteiger partial charge in [-0.15, -0.1) is 0 Å². The van der Waals surface area contributed by atoms with Crippen molar-refractivity contribution in [2.75, 3.05) is 0 Å². The molecule has 30 heavy (non-hydrogen) atoms. The zero-order valence-electron chi connectivity index (χ0n) is 15.1. The van der Waals surface area contributed by atoms with Crippen molar-refractivity contribution in [2.24, 2.45) is 0 Å². The molecule has 0 unspecified atom stereocenters. The van der Waals surface area contributed by atoms with Crippen molar-refractivity contribution in [1.82, 2.24) is 19.5 Å². The molecule has 0 atom stereocenters. The second-order valence-corrected chi connectivity index (χ2v) is 7.12. The van der Waals surface area contributed by atoms with Gasteiger partial charge >= 0.3 is 6.18 Å². The molecule has 0 fully saturated rings. The highest BCUT2D eigenvalue weighted by atomic mass is 32.2. The van der Waals surface area contributed by atoms with Crippen LogP contribution in [0.2, 0.25) is 0 Å². The number of aromatic nitrogens is 4. The maximum atomic E-state index is 13.3. The number of hydrogen-bond acceptors (Lipinski definition) is 5. The number of halogens is 4. The Bertz CT molecular complexity index is 1270. The van der Waals surface area contributed by atoms with E-state index in [1.165, 1.54) is 28.8 Å². The third-order valence-electron chi connectivity index (χ3n) is 4.18. The first-order chi connectivity index (χ1) is 14.3. The second kappa shape index (κ2) is 7.86. The smallest absolute Gasteiger partial charge is 0.268 e. The normalized spacial score (nSPS) is 11.7. The number of rotatable bonds is 4. The van der Waals surface area contributed by atoms with Gasteiger partial charge in [0, 0.05) is 6.20 Å². The molecule has 10 heteroatoms. The van der Waals surface area contributed by atoms with E-state index in [0.29, 0.717) is 16.6 Å². The van der Waals surface area contributed by atoms with Crippen molar-refractivity contribution in [1.29, 1.82) is 0 Å². The van der Waals surface area contributed by atoms with Crippen molar-refractivity contribution >= 4 is 22.7 Å². The van der Waals surface area contributed by atoms with Gasteiger partial charge in [-0.1, -0.05) is 23.9 Å². The van der Waals surface area contributed by atoms with Gasteiger partial charge in [0.25, 0.3) is 5.56 Å². The van der Waals surface area contributed by atoms with Crippen molar-refractivity contribution in [3.8, 4) is 5.69 Å². The Labute approximate surface area is 171 Å². The van der Waals surface area contributed by atoms with Crippen molar-refractivity contribution in [2.45, 2.75) is 17.1 Å². The second-order valence-electron chi connectivity index (χ2n) is 6.17. The SMILES string of the molecule is O=c1c2ccccc2nc(CSc2nccc(C(F)(F)F)n2)n1-c1ccc(F)cc1. The predicted molar refractivity (Wildman–Crippen MR) is 104 cm³/mol. The molecule has 152 valence electrons. The van der Waals surface area contributed by atoms with Crippen LogP contribution < -0.4 is 5.56 Å². The summed E-state index contributed by atoms with van der Waals surface area (Å²) in [4.78, 5) is 24.9. The molecule has 0 saturated heterocycles. The van der Waals surface area contributed by atoms with Crippen LogP contribution in [0, 0.1) is 5.82 Å². The van der Waals surface area contributed by atoms with Crippen LogP contribution in [0.1, 0.15) is 11.5 Å². The molecule has 0 aliphatic carbocycles. The van der Waals surface area contributed by atoms with Crippen molar-refractivity contribution in [3.05, 3.63) is 88.5 Å². The van der Waals surface area contributed by atoms with E-state index in [0.717, 1.165) is 24.0 Å². The van der Waals surface area contributed by atoms with Gasteiger partial charge in [-0.2, -0.15) is 13.2 Å². The highest BCUT2D eigenvalue weighted by Gasteiger charge is 2.32. The van der Waals surface area contributed by atoms with Crippen molar-refractivity contribution in [3.63, 3.8) is 0 Å². The average Bonchev–Trinajstić information content (AvgIpc) is 2.73. The maximum Gasteiger partial charge on any atom is 0.433 e. The Hall–Kier alpha value is -3.27. The minimum Gasteiger partial charge on any atom is -0.268 e. The summed E-state index contributed by atoms with van der Waals surface area (Å²) in [6.07, 6.45) is -3.56. The molecule has 5 nitrogen and oxygen atoms in total. The Morgan fingerprint density at radius 1 is 0.967 bits per heavy atom. The van der Waals surface area contributed by atoms with Gasteiger partial charge in [-0.3, -0.25) is 9.36 Å². The summed E-state index contributed by atoms with van der Waals surface area (Å²) in [5, 5.41) is 0.267.